The van der Waals surface area contributed by atoms with Crippen LogP contribution in [0.5, 0.6) is 5.75 Å². The van der Waals surface area contributed by atoms with E-state index in [9.17, 15) is 9.90 Å². The van der Waals surface area contributed by atoms with Gasteiger partial charge < -0.3 is 14.6 Å². The van der Waals surface area contributed by atoms with Gasteiger partial charge in [0.2, 0.25) is 0 Å². The maximum absolute atomic E-state index is 11.6. The molecule has 1 aliphatic carbocycles. The first-order valence-electron chi connectivity index (χ1n) is 12.8. The summed E-state index contributed by atoms with van der Waals surface area (Å²) in [5.74, 6) is 1.84. The quantitative estimate of drug-likeness (QED) is 0.205. The molecule has 0 radical (unpaired) electrons. The number of esters is 1. The molecule has 2 aromatic rings. The first-order chi connectivity index (χ1) is 16.5. The van der Waals surface area contributed by atoms with Crippen molar-refractivity contribution in [2.45, 2.75) is 77.7 Å². The van der Waals surface area contributed by atoms with Crippen molar-refractivity contribution in [2.24, 2.45) is 5.92 Å². The number of aliphatic hydroxyl groups excluding tert-OH is 1. The zero-order valence-corrected chi connectivity index (χ0v) is 20.9. The fraction of sp³-hybridized carbons (Fsp3) is 0.500. The summed E-state index contributed by atoms with van der Waals surface area (Å²) in [6, 6.07) is 14.6. The van der Waals surface area contributed by atoms with E-state index >= 15 is 0 Å². The highest BCUT2D eigenvalue weighted by atomic mass is 16.6. The molecule has 0 spiro atoms. The van der Waals surface area contributed by atoms with Gasteiger partial charge in [0.1, 0.15) is 19.0 Å². The first kappa shape index (κ1) is 26.0. The van der Waals surface area contributed by atoms with Crippen LogP contribution >= 0.6 is 0 Å². The average Bonchev–Trinajstić information content (AvgIpc) is 2.87. The van der Waals surface area contributed by atoms with Crippen molar-refractivity contribution in [3.05, 3.63) is 65.7 Å². The van der Waals surface area contributed by atoms with Crippen LogP contribution < -0.4 is 4.74 Å². The van der Waals surface area contributed by atoms with Crippen molar-refractivity contribution in [2.75, 3.05) is 13.2 Å². The lowest BCUT2D eigenvalue weighted by Crippen LogP contribution is -2.13. The summed E-state index contributed by atoms with van der Waals surface area (Å²) in [4.78, 5) is 11.6. The van der Waals surface area contributed by atoms with E-state index in [2.05, 4.69) is 37.8 Å². The average molecular weight is 465 g/mol. The molecule has 0 unspecified atom stereocenters. The minimum atomic E-state index is -0.418. The molecule has 184 valence electrons. The molecule has 0 saturated heterocycles. The van der Waals surface area contributed by atoms with Crippen LogP contribution in [0.1, 0.15) is 82.3 Å². The van der Waals surface area contributed by atoms with Crippen LogP contribution in [0.15, 0.2) is 54.6 Å². The van der Waals surface area contributed by atoms with E-state index in [1.54, 1.807) is 6.92 Å². The minimum Gasteiger partial charge on any atom is -0.489 e. The Hall–Kier alpha value is -2.59. The molecule has 2 aromatic carbocycles. The summed E-state index contributed by atoms with van der Waals surface area (Å²) in [7, 11) is 0. The van der Waals surface area contributed by atoms with Crippen LogP contribution in [-0.4, -0.2) is 24.3 Å². The van der Waals surface area contributed by atoms with Gasteiger partial charge in [-0.1, -0.05) is 75.6 Å². The van der Waals surface area contributed by atoms with Gasteiger partial charge in [-0.3, -0.25) is 0 Å². The van der Waals surface area contributed by atoms with E-state index in [4.69, 9.17) is 9.47 Å². The maximum atomic E-state index is 11.6. The predicted molar refractivity (Wildman–Crippen MR) is 138 cm³/mol. The molecule has 3 rings (SSSR count). The minimum absolute atomic E-state index is 0.0542. The molecule has 1 N–H and O–H groups in total. The van der Waals surface area contributed by atoms with Gasteiger partial charge in [0.15, 0.2) is 0 Å². The zero-order chi connectivity index (χ0) is 24.3. The predicted octanol–water partition coefficient (Wildman–Crippen LogP) is 7.20. The molecule has 4 heteroatoms. The lowest BCUT2D eigenvalue weighted by atomic mass is 9.77. The molecule has 0 bridgehead atoms. The molecule has 1 saturated carbocycles. The number of aliphatic hydroxyl groups is 1. The summed E-state index contributed by atoms with van der Waals surface area (Å²) in [6.45, 7) is 7.81. The molecule has 0 heterocycles. The number of carbonyl (C=O) groups is 1. The van der Waals surface area contributed by atoms with Gasteiger partial charge in [-0.05, 0) is 67.2 Å². The third kappa shape index (κ3) is 7.46. The zero-order valence-electron chi connectivity index (χ0n) is 20.9. The fourth-order valence-corrected chi connectivity index (χ4v) is 4.83. The van der Waals surface area contributed by atoms with Crippen molar-refractivity contribution in [1.82, 2.24) is 0 Å². The Morgan fingerprint density at radius 2 is 1.76 bits per heavy atom. The molecule has 0 atom stereocenters. The second kappa shape index (κ2) is 13.3. The smallest absolute Gasteiger partial charge is 0.333 e. The van der Waals surface area contributed by atoms with Crippen molar-refractivity contribution in [3.63, 3.8) is 0 Å². The van der Waals surface area contributed by atoms with E-state index in [0.717, 1.165) is 22.6 Å². The van der Waals surface area contributed by atoms with E-state index in [0.29, 0.717) is 17.2 Å². The number of ether oxygens (including phenoxy) is 2. The normalized spacial score (nSPS) is 17.9. The van der Waals surface area contributed by atoms with Crippen LogP contribution in [-0.2, 0) is 16.1 Å². The van der Waals surface area contributed by atoms with Crippen molar-refractivity contribution >= 4 is 5.97 Å². The number of hydrogen-bond acceptors (Lipinski definition) is 4. The van der Waals surface area contributed by atoms with Crippen molar-refractivity contribution in [1.29, 1.82) is 0 Å². The van der Waals surface area contributed by atoms with Crippen molar-refractivity contribution < 1.29 is 19.4 Å². The molecule has 0 amide bonds. The molecule has 34 heavy (non-hydrogen) atoms. The Labute approximate surface area is 205 Å². The van der Waals surface area contributed by atoms with Gasteiger partial charge in [-0.25, -0.2) is 4.79 Å². The van der Waals surface area contributed by atoms with Crippen LogP contribution in [0.3, 0.4) is 0 Å². The fourth-order valence-electron chi connectivity index (χ4n) is 4.83. The standard InChI is InChI=1S/C30H40O4/c1-4-5-6-7-23-8-11-25(12-9-23)26-13-15-27(16-14-26)28-17-10-24(21-31)20-29(28)33-18-19-34-30(32)22(2)3/h10,13-17,20,23,25,31H,2,4-9,11-12,18-19,21H2,1,3H3. The molecule has 0 aromatic heterocycles. The maximum Gasteiger partial charge on any atom is 0.333 e. The molecule has 0 aliphatic heterocycles. The molecular weight excluding hydrogens is 424 g/mol. The van der Waals surface area contributed by atoms with Gasteiger partial charge in [-0.2, -0.15) is 0 Å². The van der Waals surface area contributed by atoms with Crippen LogP contribution in [0.2, 0.25) is 0 Å². The largest absolute Gasteiger partial charge is 0.489 e. The molecule has 1 fully saturated rings. The number of rotatable bonds is 12. The number of benzene rings is 2. The van der Waals surface area contributed by atoms with Gasteiger partial charge in [0.05, 0.1) is 6.61 Å². The second-order valence-electron chi connectivity index (χ2n) is 9.59. The van der Waals surface area contributed by atoms with Crippen LogP contribution in [0.4, 0.5) is 0 Å². The topological polar surface area (TPSA) is 55.8 Å². The highest BCUT2D eigenvalue weighted by Crippen LogP contribution is 2.39. The highest BCUT2D eigenvalue weighted by Gasteiger charge is 2.22. The molecule has 1 aliphatic rings. The Morgan fingerprint density at radius 1 is 1.03 bits per heavy atom. The summed E-state index contributed by atoms with van der Waals surface area (Å²) < 4.78 is 11.1. The number of hydrogen-bond donors (Lipinski definition) is 1. The van der Waals surface area contributed by atoms with E-state index < -0.39 is 5.97 Å². The Bertz CT molecular complexity index is 923. The summed E-state index contributed by atoms with van der Waals surface area (Å²) >= 11 is 0. The lowest BCUT2D eigenvalue weighted by molar-refractivity contribution is -0.139. The van der Waals surface area contributed by atoms with Gasteiger partial charge >= 0.3 is 5.97 Å². The summed E-state index contributed by atoms with van der Waals surface area (Å²) in [6.07, 6.45) is 10.7. The third-order valence-electron chi connectivity index (χ3n) is 6.91. The number of carbonyl (C=O) groups excluding carboxylic acids is 1. The van der Waals surface area contributed by atoms with E-state index in [-0.39, 0.29) is 19.8 Å². The monoisotopic (exact) mass is 464 g/mol. The Morgan fingerprint density at radius 3 is 2.41 bits per heavy atom. The second-order valence-corrected chi connectivity index (χ2v) is 9.59. The molecule has 4 nitrogen and oxygen atoms in total. The van der Waals surface area contributed by atoms with Gasteiger partial charge in [0.25, 0.3) is 0 Å². The number of unbranched alkanes of at least 4 members (excludes halogenated alkanes) is 2. The van der Waals surface area contributed by atoms with E-state index in [1.165, 1.54) is 56.9 Å². The molecular formula is C30H40O4. The third-order valence-corrected chi connectivity index (χ3v) is 6.91. The Kier molecular flexibility index (Phi) is 10.2. The van der Waals surface area contributed by atoms with E-state index in [1.807, 2.05) is 18.2 Å². The van der Waals surface area contributed by atoms with Crippen LogP contribution in [0, 0.1) is 5.92 Å². The summed E-state index contributed by atoms with van der Waals surface area (Å²) in [5.41, 5.74) is 4.62. The van der Waals surface area contributed by atoms with Gasteiger partial charge in [0, 0.05) is 11.1 Å². The van der Waals surface area contributed by atoms with Crippen LogP contribution in [0.25, 0.3) is 11.1 Å². The SMILES string of the molecule is C=C(C)C(=O)OCCOc1cc(CO)ccc1-c1ccc(C2CCC(CCCCC)CC2)cc1. The van der Waals surface area contributed by atoms with Crippen molar-refractivity contribution in [3.8, 4) is 16.9 Å². The lowest BCUT2D eigenvalue weighted by Gasteiger charge is -2.29. The summed E-state index contributed by atoms with van der Waals surface area (Å²) in [5, 5.41) is 9.55. The highest BCUT2D eigenvalue weighted by molar-refractivity contribution is 5.86. The Balaban J connectivity index is 1.62. The van der Waals surface area contributed by atoms with Gasteiger partial charge in [-0.15, -0.1) is 0 Å². The first-order valence-corrected chi connectivity index (χ1v) is 12.8.